The summed E-state index contributed by atoms with van der Waals surface area (Å²) in [7, 11) is 0. The van der Waals surface area contributed by atoms with E-state index >= 15 is 0 Å². The minimum absolute atomic E-state index is 0. The summed E-state index contributed by atoms with van der Waals surface area (Å²) in [6.45, 7) is 9.72. The molecule has 1 heterocycles. The average molecular weight is 354 g/mol. The van der Waals surface area contributed by atoms with Gasteiger partial charge in [-0.25, -0.2) is 9.78 Å². The second-order valence-corrected chi connectivity index (χ2v) is 6.98. The van der Waals surface area contributed by atoms with Gasteiger partial charge in [-0.05, 0) is 26.7 Å². The first-order valence-corrected chi connectivity index (χ1v) is 8.18. The third kappa shape index (κ3) is 6.85. The summed E-state index contributed by atoms with van der Waals surface area (Å²) in [4.78, 5) is 16.4. The minimum Gasteiger partial charge on any atom is -1.00 e. The smallest absolute Gasteiger partial charge is 0.408 e. The number of alkyl halides is 1. The summed E-state index contributed by atoms with van der Waals surface area (Å²) in [6.07, 6.45) is 0.529. The molecule has 0 aliphatic rings. The molecule has 0 fully saturated rings. The molecule has 0 aliphatic heterocycles. The Balaban J connectivity index is 0.00000400. The monoisotopic (exact) mass is 353 g/mol. The van der Waals surface area contributed by atoms with E-state index in [1.54, 1.807) is 0 Å². The molecule has 2 atom stereocenters. The Labute approximate surface area is 142 Å². The molecule has 1 N–H and O–H groups in total. The van der Waals surface area contributed by atoms with Gasteiger partial charge in [-0.2, -0.15) is 0 Å². The van der Waals surface area contributed by atoms with E-state index in [0.717, 1.165) is 17.1 Å². The van der Waals surface area contributed by atoms with Crippen molar-refractivity contribution in [1.29, 1.82) is 0 Å². The van der Waals surface area contributed by atoms with Crippen molar-refractivity contribution in [1.82, 2.24) is 10.3 Å². The molecule has 0 saturated heterocycles. The number of aromatic nitrogens is 1. The van der Waals surface area contributed by atoms with Gasteiger partial charge in [-0.1, -0.05) is 20.3 Å². The number of carbonyl (C=O) groups is 1. The molecule has 4 nitrogen and oxygen atoms in total. The second kappa shape index (κ2) is 8.81. The normalized spacial score (nSPS) is 14.0. The second-order valence-electron chi connectivity index (χ2n) is 5.82. The molecule has 7 heteroatoms. The number of thiazole rings is 1. The number of nitrogens with one attached hydrogen (secondary N) is 1. The fraction of sp³-hybridized carbons (Fsp3) is 0.714. The number of rotatable bonds is 5. The quantitative estimate of drug-likeness (QED) is 0.816. The topological polar surface area (TPSA) is 51.2 Å². The van der Waals surface area contributed by atoms with E-state index < -0.39 is 11.7 Å². The summed E-state index contributed by atoms with van der Waals surface area (Å²) >= 11 is 7.30. The van der Waals surface area contributed by atoms with Crippen LogP contribution < -0.4 is 17.7 Å². The predicted octanol–water partition coefficient (Wildman–Crippen LogP) is 1.50. The number of halogens is 2. The van der Waals surface area contributed by atoms with Crippen molar-refractivity contribution in [3.05, 3.63) is 16.1 Å². The van der Waals surface area contributed by atoms with Crippen LogP contribution >= 0.6 is 22.9 Å². The van der Waals surface area contributed by atoms with Gasteiger partial charge in [0.2, 0.25) is 0 Å². The van der Waals surface area contributed by atoms with E-state index in [0.29, 0.717) is 5.88 Å². The number of alkyl carbamates (subject to hydrolysis) is 1. The summed E-state index contributed by atoms with van der Waals surface area (Å²) in [6, 6.07) is -0.142. The van der Waals surface area contributed by atoms with Crippen molar-refractivity contribution in [2.75, 3.05) is 0 Å². The number of ether oxygens (including phenoxy) is 1. The number of carbonyl (C=O) groups excluding carboxylic acids is 1. The zero-order valence-corrected chi connectivity index (χ0v) is 15.4. The Morgan fingerprint density at radius 3 is 2.57 bits per heavy atom. The van der Waals surface area contributed by atoms with E-state index in [1.807, 2.05) is 26.2 Å². The highest BCUT2D eigenvalue weighted by Gasteiger charge is 2.26. The van der Waals surface area contributed by atoms with Gasteiger partial charge in [0.15, 0.2) is 0 Å². The van der Waals surface area contributed by atoms with Crippen LogP contribution in [0, 0.1) is 5.92 Å². The number of hydrogen-bond acceptors (Lipinski definition) is 4. The molecule has 0 radical (unpaired) electrons. The van der Waals surface area contributed by atoms with Crippen molar-refractivity contribution in [3.63, 3.8) is 0 Å². The molecule has 21 heavy (non-hydrogen) atoms. The van der Waals surface area contributed by atoms with Gasteiger partial charge in [-0.15, -0.1) is 22.9 Å². The zero-order chi connectivity index (χ0) is 15.3. The Bertz CT molecular complexity index is 446. The van der Waals surface area contributed by atoms with Crippen molar-refractivity contribution in [2.24, 2.45) is 5.92 Å². The SMILES string of the molecule is CC[C@H](C)[C@@H](NC(=O)OC(C)(C)C)c1nc(CCl)cs1.[Cl-]. The number of amides is 1. The zero-order valence-electron chi connectivity index (χ0n) is 13.1. The van der Waals surface area contributed by atoms with Crippen molar-refractivity contribution in [2.45, 2.75) is 58.6 Å². The highest BCUT2D eigenvalue weighted by atomic mass is 35.5. The van der Waals surface area contributed by atoms with Crippen LogP contribution in [-0.2, 0) is 10.6 Å². The van der Waals surface area contributed by atoms with E-state index in [2.05, 4.69) is 24.1 Å². The van der Waals surface area contributed by atoms with Gasteiger partial charge in [0.1, 0.15) is 10.6 Å². The molecule has 0 aromatic carbocycles. The fourth-order valence-corrected chi connectivity index (χ4v) is 2.87. The molecular formula is C14H23Cl2N2O2S-. The molecule has 122 valence electrons. The molecule has 1 rings (SSSR count). The molecule has 0 aliphatic carbocycles. The first-order valence-electron chi connectivity index (χ1n) is 6.76. The first kappa shape index (κ1) is 20.5. The van der Waals surface area contributed by atoms with Crippen LogP contribution in [0.2, 0.25) is 0 Å². The standard InChI is InChI=1S/C14H23ClN2O2S.ClH/c1-6-9(2)11(12-16-10(7-15)8-20-12)17-13(18)19-14(3,4)5;/h8-9,11H,6-7H2,1-5H3,(H,17,18);1H/p-1/t9-,11+;/m0./s1. The van der Waals surface area contributed by atoms with Crippen molar-refractivity contribution < 1.29 is 21.9 Å². The lowest BCUT2D eigenvalue weighted by atomic mass is 10.00. The molecule has 0 unspecified atom stereocenters. The van der Waals surface area contributed by atoms with E-state index in [9.17, 15) is 4.79 Å². The third-order valence-corrected chi connectivity index (χ3v) is 4.11. The maximum absolute atomic E-state index is 12.0. The maximum atomic E-state index is 12.0. The summed E-state index contributed by atoms with van der Waals surface area (Å²) in [5.41, 5.74) is 0.333. The molecule has 0 bridgehead atoms. The average Bonchev–Trinajstić information content (AvgIpc) is 2.81. The van der Waals surface area contributed by atoms with Gasteiger partial charge in [0, 0.05) is 5.38 Å². The Morgan fingerprint density at radius 2 is 2.14 bits per heavy atom. The Kier molecular flexibility index (Phi) is 8.59. The van der Waals surface area contributed by atoms with E-state index in [4.69, 9.17) is 16.3 Å². The van der Waals surface area contributed by atoms with Crippen molar-refractivity contribution in [3.8, 4) is 0 Å². The summed E-state index contributed by atoms with van der Waals surface area (Å²) in [5.74, 6) is 0.660. The number of nitrogens with zero attached hydrogens (tertiary/aromatic N) is 1. The molecule has 0 spiro atoms. The van der Waals surface area contributed by atoms with Gasteiger partial charge < -0.3 is 22.5 Å². The van der Waals surface area contributed by atoms with Crippen LogP contribution in [0.15, 0.2) is 5.38 Å². The lowest BCUT2D eigenvalue weighted by molar-refractivity contribution is -0.0000277. The molecule has 1 amide bonds. The third-order valence-electron chi connectivity index (χ3n) is 2.86. The Morgan fingerprint density at radius 1 is 1.52 bits per heavy atom. The van der Waals surface area contributed by atoms with Gasteiger partial charge >= 0.3 is 6.09 Å². The highest BCUT2D eigenvalue weighted by Crippen LogP contribution is 2.28. The lowest BCUT2D eigenvalue weighted by Crippen LogP contribution is -3.00. The highest BCUT2D eigenvalue weighted by molar-refractivity contribution is 7.09. The molecule has 1 aromatic heterocycles. The van der Waals surface area contributed by atoms with Gasteiger partial charge in [0.05, 0.1) is 17.6 Å². The molecular weight excluding hydrogens is 331 g/mol. The first-order chi connectivity index (χ1) is 9.26. The van der Waals surface area contributed by atoms with Crippen LogP contribution in [0.4, 0.5) is 4.79 Å². The molecule has 0 saturated carbocycles. The predicted molar refractivity (Wildman–Crippen MR) is 83.2 cm³/mol. The van der Waals surface area contributed by atoms with Crippen LogP contribution in [0.25, 0.3) is 0 Å². The van der Waals surface area contributed by atoms with E-state index in [-0.39, 0.29) is 24.4 Å². The number of hydrogen-bond donors (Lipinski definition) is 1. The minimum atomic E-state index is -0.506. The summed E-state index contributed by atoms with van der Waals surface area (Å²) in [5, 5.41) is 5.72. The fourth-order valence-electron chi connectivity index (χ4n) is 1.64. The molecule has 1 aromatic rings. The van der Waals surface area contributed by atoms with Crippen LogP contribution in [0.5, 0.6) is 0 Å². The maximum Gasteiger partial charge on any atom is 0.408 e. The summed E-state index contributed by atoms with van der Waals surface area (Å²) < 4.78 is 5.32. The van der Waals surface area contributed by atoms with Crippen LogP contribution in [0.1, 0.15) is 57.8 Å². The van der Waals surface area contributed by atoms with Crippen molar-refractivity contribution >= 4 is 29.0 Å². The Hall–Kier alpha value is -0.520. The largest absolute Gasteiger partial charge is 1.00 e. The van der Waals surface area contributed by atoms with Gasteiger partial charge in [0.25, 0.3) is 0 Å². The lowest BCUT2D eigenvalue weighted by Gasteiger charge is -2.25. The van der Waals surface area contributed by atoms with Gasteiger partial charge in [-0.3, -0.25) is 0 Å². The van der Waals surface area contributed by atoms with Crippen LogP contribution in [0.3, 0.4) is 0 Å². The van der Waals surface area contributed by atoms with E-state index in [1.165, 1.54) is 11.3 Å². The van der Waals surface area contributed by atoms with Crippen LogP contribution in [-0.4, -0.2) is 16.7 Å².